The van der Waals surface area contributed by atoms with Gasteiger partial charge < -0.3 is 39.8 Å². The molecule has 0 aromatic heterocycles. The molecule has 190 valence electrons. The molecule has 11 heteroatoms. The largest absolute Gasteiger partial charge is 0.499 e. The second-order valence-corrected chi connectivity index (χ2v) is 7.82. The molecule has 1 aromatic carbocycles. The molecule has 11 nitrogen and oxygen atoms in total. The number of carbonyl (C=O) groups is 3. The van der Waals surface area contributed by atoms with Crippen molar-refractivity contribution in [1.82, 2.24) is 10.6 Å². The maximum Gasteiger partial charge on any atom is 0.338 e. The Morgan fingerprint density at radius 1 is 1.11 bits per heavy atom. The molecule has 0 bridgehead atoms. The molecule has 3 rings (SSSR count). The Morgan fingerprint density at radius 3 is 2.77 bits per heavy atom. The fourth-order valence-electron chi connectivity index (χ4n) is 3.63. The Kier molecular flexibility index (Phi) is 10.2. The van der Waals surface area contributed by atoms with E-state index in [-0.39, 0.29) is 64.4 Å². The quantitative estimate of drug-likeness (QED) is 0.178. The molecule has 3 atom stereocenters. The molecule has 3 unspecified atom stereocenters. The van der Waals surface area contributed by atoms with Gasteiger partial charge in [0.25, 0.3) is 0 Å². The maximum absolute atomic E-state index is 12.9. The molecule has 35 heavy (non-hydrogen) atoms. The summed E-state index contributed by atoms with van der Waals surface area (Å²) in [5.41, 5.74) is 1.41. The Balaban J connectivity index is 1.59. The number of aliphatic hydroxyl groups is 2. The minimum atomic E-state index is -0.735. The van der Waals surface area contributed by atoms with Crippen molar-refractivity contribution in [1.29, 1.82) is 0 Å². The van der Waals surface area contributed by atoms with Crippen LogP contribution in [0.15, 0.2) is 42.2 Å². The summed E-state index contributed by atoms with van der Waals surface area (Å²) in [7, 11) is 0. The van der Waals surface area contributed by atoms with Crippen molar-refractivity contribution in [3.05, 3.63) is 53.3 Å². The molecule has 1 aromatic rings. The average Bonchev–Trinajstić information content (AvgIpc) is 3.34. The van der Waals surface area contributed by atoms with Gasteiger partial charge in [0.05, 0.1) is 25.0 Å². The summed E-state index contributed by atoms with van der Waals surface area (Å²) in [5.74, 6) is -1.24. The van der Waals surface area contributed by atoms with Gasteiger partial charge in [-0.2, -0.15) is 0 Å². The number of hydrogen-bond acceptors (Lipinski definition) is 9. The topological polar surface area (TPSA) is 153 Å². The number of hydrogen-bond donors (Lipinski definition) is 4. The van der Waals surface area contributed by atoms with Gasteiger partial charge in [0.15, 0.2) is 0 Å². The van der Waals surface area contributed by atoms with Crippen LogP contribution < -0.4 is 10.6 Å². The van der Waals surface area contributed by atoms with E-state index in [9.17, 15) is 14.4 Å². The van der Waals surface area contributed by atoms with Gasteiger partial charge >= 0.3 is 5.97 Å². The molecular formula is C24H30N2O9. The van der Waals surface area contributed by atoms with Crippen LogP contribution in [0.2, 0.25) is 0 Å². The van der Waals surface area contributed by atoms with Gasteiger partial charge in [0, 0.05) is 31.5 Å². The summed E-state index contributed by atoms with van der Waals surface area (Å²) in [6.07, 6.45) is 3.14. The SMILES string of the molecule is O=C(CCNC(=O)C1=CC2OCOC2C(OC(=O)c2cccc(C=COCCO)c2)C1)NCCO. The van der Waals surface area contributed by atoms with Crippen molar-refractivity contribution >= 4 is 23.9 Å². The van der Waals surface area contributed by atoms with E-state index in [0.717, 1.165) is 0 Å². The number of fused-ring (bicyclic) bond motifs is 1. The molecule has 4 N–H and O–H groups in total. The van der Waals surface area contributed by atoms with Gasteiger partial charge in [-0.05, 0) is 29.8 Å². The van der Waals surface area contributed by atoms with Crippen LogP contribution in [0.25, 0.3) is 6.08 Å². The van der Waals surface area contributed by atoms with Crippen LogP contribution in [0.1, 0.15) is 28.8 Å². The van der Waals surface area contributed by atoms with Crippen LogP contribution in [-0.2, 0) is 28.5 Å². The highest BCUT2D eigenvalue weighted by Gasteiger charge is 2.42. The Labute approximate surface area is 202 Å². The van der Waals surface area contributed by atoms with Crippen molar-refractivity contribution in [3.8, 4) is 0 Å². The minimum Gasteiger partial charge on any atom is -0.499 e. The summed E-state index contributed by atoms with van der Waals surface area (Å²) in [4.78, 5) is 37.1. The number of rotatable bonds is 12. The molecule has 0 radical (unpaired) electrons. The molecule has 1 saturated heterocycles. The molecule has 1 aliphatic carbocycles. The number of benzene rings is 1. The van der Waals surface area contributed by atoms with Crippen LogP contribution in [0.4, 0.5) is 0 Å². The Morgan fingerprint density at radius 2 is 1.97 bits per heavy atom. The first-order valence-electron chi connectivity index (χ1n) is 11.3. The van der Waals surface area contributed by atoms with E-state index >= 15 is 0 Å². The van der Waals surface area contributed by atoms with E-state index in [2.05, 4.69) is 10.6 Å². The van der Waals surface area contributed by atoms with Crippen molar-refractivity contribution < 1.29 is 43.5 Å². The molecule has 0 saturated carbocycles. The Hall–Kier alpha value is -3.25. The fourth-order valence-corrected chi connectivity index (χ4v) is 3.63. The van der Waals surface area contributed by atoms with Gasteiger partial charge in [-0.1, -0.05) is 12.1 Å². The number of aliphatic hydroxyl groups excluding tert-OH is 2. The highest BCUT2D eigenvalue weighted by molar-refractivity contribution is 5.94. The lowest BCUT2D eigenvalue weighted by atomic mass is 9.91. The van der Waals surface area contributed by atoms with Gasteiger partial charge in [0.2, 0.25) is 11.8 Å². The number of carbonyl (C=O) groups excluding carboxylic acids is 3. The smallest absolute Gasteiger partial charge is 0.338 e. The summed E-state index contributed by atoms with van der Waals surface area (Å²) < 4.78 is 21.9. The van der Waals surface area contributed by atoms with Crippen molar-refractivity contribution in [2.45, 2.75) is 31.2 Å². The van der Waals surface area contributed by atoms with Crippen LogP contribution in [-0.4, -0.2) is 86.0 Å². The molecule has 1 aliphatic heterocycles. The number of nitrogens with one attached hydrogen (secondary N) is 2. The molecular weight excluding hydrogens is 460 g/mol. The Bertz CT molecular complexity index is 947. The van der Waals surface area contributed by atoms with Crippen LogP contribution in [0, 0.1) is 0 Å². The zero-order chi connectivity index (χ0) is 25.0. The normalized spacial score (nSPS) is 21.2. The third kappa shape index (κ3) is 7.89. The predicted octanol–water partition coefficient (Wildman–Crippen LogP) is -0.122. The van der Waals surface area contributed by atoms with Crippen LogP contribution >= 0.6 is 0 Å². The number of esters is 1. The van der Waals surface area contributed by atoms with E-state index < -0.39 is 24.3 Å². The van der Waals surface area contributed by atoms with Gasteiger partial charge in [-0.15, -0.1) is 0 Å². The van der Waals surface area contributed by atoms with Crippen molar-refractivity contribution in [2.75, 3.05) is 39.7 Å². The molecule has 2 aliphatic rings. The monoisotopic (exact) mass is 490 g/mol. The van der Waals surface area contributed by atoms with Gasteiger partial charge in [0.1, 0.15) is 31.7 Å². The lowest BCUT2D eigenvalue weighted by molar-refractivity contribution is -0.121. The second-order valence-electron chi connectivity index (χ2n) is 7.82. The third-order valence-corrected chi connectivity index (χ3v) is 5.31. The highest BCUT2D eigenvalue weighted by atomic mass is 16.7. The highest BCUT2D eigenvalue weighted by Crippen LogP contribution is 2.30. The molecule has 1 heterocycles. The zero-order valence-electron chi connectivity index (χ0n) is 19.2. The molecule has 1 fully saturated rings. The summed E-state index contributed by atoms with van der Waals surface area (Å²) in [6.45, 7) is 0.211. The standard InChI is InChI=1S/C24H30N2O9/c27-8-7-25-21(29)4-6-26-23(30)18-13-19-22(34-15-33-19)20(14-18)35-24(31)17-3-1-2-16(12-17)5-10-32-11-9-28/h1-3,5,10,12-13,19-20,22,27-28H,4,6-9,11,14-15H2,(H,25,29)(H,26,30). The van der Waals surface area contributed by atoms with Crippen molar-refractivity contribution in [2.24, 2.45) is 0 Å². The van der Waals surface area contributed by atoms with E-state index in [1.807, 2.05) is 0 Å². The maximum atomic E-state index is 12.9. The summed E-state index contributed by atoms with van der Waals surface area (Å²) in [5, 5.41) is 22.7. The van der Waals surface area contributed by atoms with Gasteiger partial charge in [-0.25, -0.2) is 4.79 Å². The second kappa shape index (κ2) is 13.6. The lowest BCUT2D eigenvalue weighted by Crippen LogP contribution is -2.43. The summed E-state index contributed by atoms with van der Waals surface area (Å²) >= 11 is 0. The third-order valence-electron chi connectivity index (χ3n) is 5.31. The van der Waals surface area contributed by atoms with Crippen LogP contribution in [0.5, 0.6) is 0 Å². The van der Waals surface area contributed by atoms with E-state index in [0.29, 0.717) is 16.7 Å². The molecule has 2 amide bonds. The first kappa shape index (κ1) is 26.4. The minimum absolute atomic E-state index is 0.0218. The zero-order valence-corrected chi connectivity index (χ0v) is 19.2. The van der Waals surface area contributed by atoms with Crippen molar-refractivity contribution in [3.63, 3.8) is 0 Å². The van der Waals surface area contributed by atoms with Gasteiger partial charge in [-0.3, -0.25) is 9.59 Å². The predicted molar refractivity (Wildman–Crippen MR) is 123 cm³/mol. The number of amides is 2. The fraction of sp³-hybridized carbons (Fsp3) is 0.458. The molecule has 0 spiro atoms. The lowest BCUT2D eigenvalue weighted by Gasteiger charge is -2.30. The first-order valence-corrected chi connectivity index (χ1v) is 11.3. The summed E-state index contributed by atoms with van der Waals surface area (Å²) in [6, 6.07) is 6.75. The number of ether oxygens (including phenoxy) is 4. The first-order chi connectivity index (χ1) is 17.0. The van der Waals surface area contributed by atoms with Crippen LogP contribution in [0.3, 0.4) is 0 Å². The van der Waals surface area contributed by atoms with E-state index in [1.165, 1.54) is 6.26 Å². The average molecular weight is 491 g/mol. The van der Waals surface area contributed by atoms with E-state index in [4.69, 9.17) is 29.2 Å². The van der Waals surface area contributed by atoms with E-state index in [1.54, 1.807) is 36.4 Å².